The summed E-state index contributed by atoms with van der Waals surface area (Å²) in [5.74, 6) is 1.07. The maximum Gasteiger partial charge on any atom is 0.156 e. The van der Waals surface area contributed by atoms with Gasteiger partial charge < -0.3 is 9.88 Å². The van der Waals surface area contributed by atoms with Crippen LogP contribution in [0.2, 0.25) is 0 Å². The summed E-state index contributed by atoms with van der Waals surface area (Å²) in [5.41, 5.74) is 3.26. The molecule has 26 heavy (non-hydrogen) atoms. The molecule has 2 aliphatic heterocycles. The maximum atomic E-state index is 4.55. The monoisotopic (exact) mass is 354 g/mol. The number of aryl methyl sites for hydroxylation is 1. The van der Waals surface area contributed by atoms with Crippen LogP contribution in [0, 0.1) is 6.92 Å². The van der Waals surface area contributed by atoms with Crippen molar-refractivity contribution in [2.24, 2.45) is 0 Å². The molecule has 3 aliphatic rings. The van der Waals surface area contributed by atoms with Crippen molar-refractivity contribution in [1.82, 2.24) is 24.8 Å². The van der Waals surface area contributed by atoms with Gasteiger partial charge in [0.2, 0.25) is 0 Å². The zero-order valence-corrected chi connectivity index (χ0v) is 15.8. The predicted molar refractivity (Wildman–Crippen MR) is 105 cm³/mol. The molecule has 6 nitrogen and oxygen atoms in total. The Bertz CT molecular complexity index is 751. The molecule has 6 heteroatoms. The Balaban J connectivity index is 1.17. The van der Waals surface area contributed by atoms with E-state index in [0.29, 0.717) is 6.04 Å². The van der Waals surface area contributed by atoms with E-state index in [9.17, 15) is 0 Å². The first kappa shape index (κ1) is 16.5. The highest BCUT2D eigenvalue weighted by Crippen LogP contribution is 2.29. The second kappa shape index (κ2) is 6.82. The fourth-order valence-corrected chi connectivity index (χ4v) is 5.07. The minimum absolute atomic E-state index is 0.685. The smallest absolute Gasteiger partial charge is 0.156 e. The molecule has 2 aromatic rings. The molecule has 0 bridgehead atoms. The lowest BCUT2D eigenvalue weighted by atomic mass is 9.93. The Morgan fingerprint density at radius 1 is 0.923 bits per heavy atom. The number of rotatable bonds is 3. The first-order valence-electron chi connectivity index (χ1n) is 10.3. The molecule has 0 atom stereocenters. The lowest BCUT2D eigenvalue weighted by Crippen LogP contribution is -2.64. The summed E-state index contributed by atoms with van der Waals surface area (Å²) >= 11 is 0. The van der Waals surface area contributed by atoms with Crippen molar-refractivity contribution in [1.29, 1.82) is 0 Å². The highest BCUT2D eigenvalue weighted by atomic mass is 15.4. The van der Waals surface area contributed by atoms with Gasteiger partial charge in [0.05, 0.1) is 5.52 Å². The molecule has 1 N–H and O–H groups in total. The van der Waals surface area contributed by atoms with E-state index in [2.05, 4.69) is 42.6 Å². The number of aromatic amines is 1. The molecule has 140 valence electrons. The van der Waals surface area contributed by atoms with Crippen molar-refractivity contribution in [2.75, 3.05) is 44.2 Å². The number of anilines is 1. The van der Waals surface area contributed by atoms with E-state index in [-0.39, 0.29) is 0 Å². The average molecular weight is 355 g/mol. The van der Waals surface area contributed by atoms with Crippen LogP contribution >= 0.6 is 0 Å². The zero-order chi connectivity index (χ0) is 17.5. The fraction of sp³-hybridized carbons (Fsp3) is 0.700. The summed E-state index contributed by atoms with van der Waals surface area (Å²) in [5, 5.41) is 0. The Kier molecular flexibility index (Phi) is 4.33. The van der Waals surface area contributed by atoms with Gasteiger partial charge in [0, 0.05) is 57.0 Å². The summed E-state index contributed by atoms with van der Waals surface area (Å²) in [6.07, 6.45) is 8.88. The van der Waals surface area contributed by atoms with E-state index in [1.54, 1.807) is 6.33 Å². The van der Waals surface area contributed by atoms with Crippen molar-refractivity contribution < 1.29 is 0 Å². The fourth-order valence-electron chi connectivity index (χ4n) is 5.07. The quantitative estimate of drug-likeness (QED) is 0.917. The number of hydrogen-bond acceptors (Lipinski definition) is 5. The third-order valence-electron chi connectivity index (χ3n) is 6.65. The number of nitrogens with one attached hydrogen (secondary N) is 1. The predicted octanol–water partition coefficient (Wildman–Crippen LogP) is 2.41. The Morgan fingerprint density at radius 2 is 1.62 bits per heavy atom. The minimum atomic E-state index is 0.685. The highest BCUT2D eigenvalue weighted by molar-refractivity contribution is 5.87. The summed E-state index contributed by atoms with van der Waals surface area (Å²) in [6, 6.07) is 3.65. The van der Waals surface area contributed by atoms with Crippen LogP contribution in [-0.4, -0.2) is 76.1 Å². The molecule has 1 saturated carbocycles. The molecule has 5 rings (SSSR count). The minimum Gasteiger partial charge on any atom is -0.354 e. The van der Waals surface area contributed by atoms with Crippen LogP contribution in [0.3, 0.4) is 0 Å². The van der Waals surface area contributed by atoms with Crippen molar-refractivity contribution in [3.8, 4) is 0 Å². The Morgan fingerprint density at radius 3 is 2.35 bits per heavy atom. The lowest BCUT2D eigenvalue weighted by Gasteiger charge is -2.49. The van der Waals surface area contributed by atoms with Crippen LogP contribution < -0.4 is 4.90 Å². The number of nitrogens with zero attached hydrogens (tertiary/aromatic N) is 5. The zero-order valence-electron chi connectivity index (χ0n) is 15.8. The number of H-pyrrole nitrogens is 1. The van der Waals surface area contributed by atoms with Gasteiger partial charge in [-0.3, -0.25) is 9.80 Å². The van der Waals surface area contributed by atoms with Crippen LogP contribution in [0.15, 0.2) is 12.4 Å². The standard InChI is InChI=1S/C20H30N6/c1-15-11-18-19(23-15)20(22-14-21-18)26-12-17(13-26)25-9-7-24(8-10-25)16-5-3-2-4-6-16/h11,14,16-17,23H,2-10,12-13H2,1H3. The molecule has 0 unspecified atom stereocenters. The van der Waals surface area contributed by atoms with Gasteiger partial charge in [-0.15, -0.1) is 0 Å². The molecule has 3 fully saturated rings. The van der Waals surface area contributed by atoms with Crippen molar-refractivity contribution in [2.45, 2.75) is 51.1 Å². The molecular formula is C20H30N6. The van der Waals surface area contributed by atoms with E-state index in [4.69, 9.17) is 0 Å². The molecule has 0 amide bonds. The van der Waals surface area contributed by atoms with E-state index >= 15 is 0 Å². The van der Waals surface area contributed by atoms with Gasteiger partial charge in [0.15, 0.2) is 5.82 Å². The van der Waals surface area contributed by atoms with Crippen LogP contribution in [0.4, 0.5) is 5.82 Å². The number of hydrogen-bond donors (Lipinski definition) is 1. The number of piperazine rings is 1. The van der Waals surface area contributed by atoms with Crippen molar-refractivity contribution >= 4 is 16.9 Å². The third-order valence-corrected chi connectivity index (χ3v) is 6.65. The third kappa shape index (κ3) is 2.99. The summed E-state index contributed by atoms with van der Waals surface area (Å²) < 4.78 is 0. The molecule has 0 aromatic carbocycles. The van der Waals surface area contributed by atoms with Crippen LogP contribution in [0.25, 0.3) is 11.0 Å². The molecule has 4 heterocycles. The van der Waals surface area contributed by atoms with E-state index in [1.165, 1.54) is 58.3 Å². The molecule has 1 aliphatic carbocycles. The molecular weight excluding hydrogens is 324 g/mol. The van der Waals surface area contributed by atoms with E-state index in [0.717, 1.165) is 41.7 Å². The van der Waals surface area contributed by atoms with Gasteiger partial charge >= 0.3 is 0 Å². The van der Waals surface area contributed by atoms with Crippen LogP contribution in [0.1, 0.15) is 37.8 Å². The molecule has 2 saturated heterocycles. The lowest BCUT2D eigenvalue weighted by molar-refractivity contribution is 0.0487. The second-order valence-electron chi connectivity index (χ2n) is 8.33. The molecule has 0 radical (unpaired) electrons. The van der Waals surface area contributed by atoms with E-state index in [1.807, 2.05) is 0 Å². The summed E-state index contributed by atoms with van der Waals surface area (Å²) in [4.78, 5) is 20.2. The van der Waals surface area contributed by atoms with Crippen LogP contribution in [-0.2, 0) is 0 Å². The van der Waals surface area contributed by atoms with E-state index < -0.39 is 0 Å². The summed E-state index contributed by atoms with van der Waals surface area (Å²) in [6.45, 7) is 9.24. The van der Waals surface area contributed by atoms with Gasteiger partial charge in [-0.05, 0) is 25.8 Å². The topological polar surface area (TPSA) is 51.3 Å². The largest absolute Gasteiger partial charge is 0.354 e. The maximum absolute atomic E-state index is 4.55. The van der Waals surface area contributed by atoms with Crippen molar-refractivity contribution in [3.63, 3.8) is 0 Å². The van der Waals surface area contributed by atoms with Gasteiger partial charge in [-0.1, -0.05) is 19.3 Å². The second-order valence-corrected chi connectivity index (χ2v) is 8.33. The van der Waals surface area contributed by atoms with Gasteiger partial charge in [-0.2, -0.15) is 0 Å². The number of aromatic nitrogens is 3. The van der Waals surface area contributed by atoms with Crippen LogP contribution in [0.5, 0.6) is 0 Å². The molecule has 2 aromatic heterocycles. The highest BCUT2D eigenvalue weighted by Gasteiger charge is 2.36. The van der Waals surface area contributed by atoms with Gasteiger partial charge in [0.25, 0.3) is 0 Å². The SMILES string of the molecule is Cc1cc2ncnc(N3CC(N4CCN(C5CCCCC5)CC4)C3)c2[nH]1. The summed E-state index contributed by atoms with van der Waals surface area (Å²) in [7, 11) is 0. The van der Waals surface area contributed by atoms with Crippen molar-refractivity contribution in [3.05, 3.63) is 18.1 Å². The first-order chi connectivity index (χ1) is 12.8. The van der Waals surface area contributed by atoms with Gasteiger partial charge in [0.1, 0.15) is 11.8 Å². The normalized spacial score (nSPS) is 24.3. The average Bonchev–Trinajstić information content (AvgIpc) is 3.03. The Labute approximate surface area is 155 Å². The molecule has 0 spiro atoms. The number of fused-ring (bicyclic) bond motifs is 1. The Hall–Kier alpha value is -1.66. The first-order valence-corrected chi connectivity index (χ1v) is 10.3. The van der Waals surface area contributed by atoms with Gasteiger partial charge in [-0.25, -0.2) is 9.97 Å².